The van der Waals surface area contributed by atoms with Gasteiger partial charge in [-0.1, -0.05) is 20.8 Å². The van der Waals surface area contributed by atoms with E-state index in [0.717, 1.165) is 30.4 Å². The third-order valence-corrected chi connectivity index (χ3v) is 2.75. The molecule has 5 nitrogen and oxygen atoms in total. The van der Waals surface area contributed by atoms with Crippen LogP contribution >= 0.6 is 0 Å². The molecule has 0 spiro atoms. The van der Waals surface area contributed by atoms with E-state index in [-0.39, 0.29) is 5.92 Å². The van der Waals surface area contributed by atoms with Crippen LogP contribution < -0.4 is 10.2 Å². The molecule has 1 rings (SSSR count). The minimum Gasteiger partial charge on any atom is -0.370 e. The van der Waals surface area contributed by atoms with Gasteiger partial charge in [-0.25, -0.2) is 9.97 Å². The first-order valence-corrected chi connectivity index (χ1v) is 6.79. The van der Waals surface area contributed by atoms with Crippen LogP contribution in [0.3, 0.4) is 0 Å². The third-order valence-electron chi connectivity index (χ3n) is 2.75. The van der Waals surface area contributed by atoms with Crippen molar-refractivity contribution in [1.29, 1.82) is 5.26 Å². The smallest absolute Gasteiger partial charge is 0.135 e. The van der Waals surface area contributed by atoms with Gasteiger partial charge in [-0.3, -0.25) is 0 Å². The summed E-state index contributed by atoms with van der Waals surface area (Å²) in [7, 11) is 1.95. The van der Waals surface area contributed by atoms with E-state index < -0.39 is 0 Å². The van der Waals surface area contributed by atoms with Gasteiger partial charge >= 0.3 is 0 Å². The Morgan fingerprint density at radius 3 is 2.74 bits per heavy atom. The number of nitriles is 1. The summed E-state index contributed by atoms with van der Waals surface area (Å²) < 4.78 is 0. The Morgan fingerprint density at radius 2 is 2.16 bits per heavy atom. The molecule has 1 aromatic heterocycles. The molecule has 1 aromatic rings. The molecule has 1 N–H and O–H groups in total. The first-order valence-electron chi connectivity index (χ1n) is 6.79. The van der Waals surface area contributed by atoms with Gasteiger partial charge in [0.25, 0.3) is 0 Å². The summed E-state index contributed by atoms with van der Waals surface area (Å²) in [5, 5.41) is 12.0. The second-order valence-corrected chi connectivity index (χ2v) is 4.88. The molecule has 0 aliphatic carbocycles. The second kappa shape index (κ2) is 7.57. The molecule has 0 aliphatic heterocycles. The minimum atomic E-state index is 0.284. The zero-order chi connectivity index (χ0) is 14.3. The third kappa shape index (κ3) is 4.74. The van der Waals surface area contributed by atoms with Crippen molar-refractivity contribution in [2.45, 2.75) is 39.5 Å². The monoisotopic (exact) mass is 261 g/mol. The van der Waals surface area contributed by atoms with Crippen molar-refractivity contribution in [2.24, 2.45) is 0 Å². The van der Waals surface area contributed by atoms with Gasteiger partial charge in [0, 0.05) is 32.1 Å². The zero-order valence-electron chi connectivity index (χ0n) is 12.3. The molecule has 5 heteroatoms. The average molecular weight is 261 g/mol. The van der Waals surface area contributed by atoms with E-state index in [1.807, 2.05) is 18.0 Å². The number of rotatable bonds is 7. The Bertz CT molecular complexity index is 436. The molecule has 0 atom stereocenters. The number of hydrogen-bond acceptors (Lipinski definition) is 5. The first kappa shape index (κ1) is 15.2. The van der Waals surface area contributed by atoms with Crippen LogP contribution in [0.5, 0.6) is 0 Å². The van der Waals surface area contributed by atoms with E-state index in [9.17, 15) is 0 Å². The van der Waals surface area contributed by atoms with Gasteiger partial charge in [-0.2, -0.15) is 5.26 Å². The molecule has 19 heavy (non-hydrogen) atoms. The summed E-state index contributed by atoms with van der Waals surface area (Å²) in [5.74, 6) is 2.85. The van der Waals surface area contributed by atoms with Crippen molar-refractivity contribution in [3.8, 4) is 6.07 Å². The van der Waals surface area contributed by atoms with Crippen molar-refractivity contribution < 1.29 is 0 Å². The highest BCUT2D eigenvalue weighted by Crippen LogP contribution is 2.19. The van der Waals surface area contributed by atoms with Crippen LogP contribution in [0.4, 0.5) is 11.6 Å². The molecule has 0 unspecified atom stereocenters. The van der Waals surface area contributed by atoms with E-state index in [1.54, 1.807) is 0 Å². The lowest BCUT2D eigenvalue weighted by molar-refractivity contribution is 0.762. The largest absolute Gasteiger partial charge is 0.370 e. The number of hydrogen-bond donors (Lipinski definition) is 1. The van der Waals surface area contributed by atoms with Crippen LogP contribution in [0.25, 0.3) is 0 Å². The number of aromatic nitrogens is 2. The average Bonchev–Trinajstić information content (AvgIpc) is 2.42. The van der Waals surface area contributed by atoms with E-state index in [0.29, 0.717) is 13.0 Å². The van der Waals surface area contributed by atoms with Gasteiger partial charge in [0.15, 0.2) is 0 Å². The lowest BCUT2D eigenvalue weighted by Gasteiger charge is -2.19. The minimum absolute atomic E-state index is 0.284. The highest BCUT2D eigenvalue weighted by Gasteiger charge is 2.10. The highest BCUT2D eigenvalue weighted by atomic mass is 15.2. The second-order valence-electron chi connectivity index (χ2n) is 4.88. The summed E-state index contributed by atoms with van der Waals surface area (Å²) in [5.41, 5.74) is 0. The van der Waals surface area contributed by atoms with Gasteiger partial charge in [0.2, 0.25) is 0 Å². The van der Waals surface area contributed by atoms with Crippen LogP contribution in [0, 0.1) is 11.3 Å². The number of nitrogens with one attached hydrogen (secondary N) is 1. The molecule has 1 heterocycles. The summed E-state index contributed by atoms with van der Waals surface area (Å²) in [4.78, 5) is 11.1. The maximum absolute atomic E-state index is 8.65. The topological polar surface area (TPSA) is 64.8 Å². The van der Waals surface area contributed by atoms with Crippen molar-refractivity contribution in [3.05, 3.63) is 11.9 Å². The quantitative estimate of drug-likeness (QED) is 0.817. The molecule has 0 aliphatic rings. The van der Waals surface area contributed by atoms with Crippen molar-refractivity contribution >= 4 is 11.6 Å². The highest BCUT2D eigenvalue weighted by molar-refractivity contribution is 5.49. The number of nitrogens with zero attached hydrogens (tertiary/aromatic N) is 4. The van der Waals surface area contributed by atoms with Gasteiger partial charge < -0.3 is 10.2 Å². The Balaban J connectivity index is 2.95. The maximum Gasteiger partial charge on any atom is 0.135 e. The van der Waals surface area contributed by atoms with E-state index >= 15 is 0 Å². The lowest BCUT2D eigenvalue weighted by atomic mass is 10.2. The predicted molar refractivity (Wildman–Crippen MR) is 78.4 cm³/mol. The summed E-state index contributed by atoms with van der Waals surface area (Å²) in [6.07, 6.45) is 1.55. The number of anilines is 2. The SMILES string of the molecule is CCCNc1cc(N(C)CCC#N)nc(C(C)C)n1. The Labute approximate surface area is 115 Å². The van der Waals surface area contributed by atoms with Crippen LogP contribution in [0.15, 0.2) is 6.07 Å². The molecular weight excluding hydrogens is 238 g/mol. The fourth-order valence-electron chi connectivity index (χ4n) is 1.58. The molecule has 0 saturated carbocycles. The summed E-state index contributed by atoms with van der Waals surface area (Å²) >= 11 is 0. The molecule has 0 amide bonds. The standard InChI is InChI=1S/C14H23N5/c1-5-8-16-12-10-13(19(4)9-6-7-15)18-14(17-12)11(2)3/h10-11H,5-6,8-9H2,1-4H3,(H,16,17,18). The Hall–Kier alpha value is -1.83. The van der Waals surface area contributed by atoms with Gasteiger partial charge in [-0.05, 0) is 6.42 Å². The fourth-order valence-corrected chi connectivity index (χ4v) is 1.58. The maximum atomic E-state index is 8.65. The van der Waals surface area contributed by atoms with Crippen molar-refractivity contribution in [2.75, 3.05) is 30.4 Å². The molecular formula is C14H23N5. The van der Waals surface area contributed by atoms with E-state index in [4.69, 9.17) is 5.26 Å². The molecule has 0 radical (unpaired) electrons. The van der Waals surface area contributed by atoms with Gasteiger partial charge in [0.05, 0.1) is 12.5 Å². The normalized spacial score (nSPS) is 10.3. The van der Waals surface area contributed by atoms with E-state index in [1.165, 1.54) is 0 Å². The molecule has 104 valence electrons. The zero-order valence-corrected chi connectivity index (χ0v) is 12.3. The Morgan fingerprint density at radius 1 is 1.42 bits per heavy atom. The van der Waals surface area contributed by atoms with E-state index in [2.05, 4.69) is 42.1 Å². The molecule has 0 fully saturated rings. The van der Waals surface area contributed by atoms with Crippen LogP contribution in [-0.4, -0.2) is 30.1 Å². The van der Waals surface area contributed by atoms with Crippen LogP contribution in [-0.2, 0) is 0 Å². The first-order chi connectivity index (χ1) is 9.08. The summed E-state index contributed by atoms with van der Waals surface area (Å²) in [6.45, 7) is 7.86. The summed E-state index contributed by atoms with van der Waals surface area (Å²) in [6, 6.07) is 4.10. The molecule has 0 aromatic carbocycles. The fraction of sp³-hybridized carbons (Fsp3) is 0.643. The van der Waals surface area contributed by atoms with Crippen molar-refractivity contribution in [1.82, 2.24) is 9.97 Å². The van der Waals surface area contributed by atoms with Crippen LogP contribution in [0.2, 0.25) is 0 Å². The van der Waals surface area contributed by atoms with Crippen molar-refractivity contribution in [3.63, 3.8) is 0 Å². The Kier molecular flexibility index (Phi) is 6.07. The van der Waals surface area contributed by atoms with Gasteiger partial charge in [-0.15, -0.1) is 0 Å². The van der Waals surface area contributed by atoms with Gasteiger partial charge in [0.1, 0.15) is 17.5 Å². The lowest BCUT2D eigenvalue weighted by Crippen LogP contribution is -2.21. The predicted octanol–water partition coefficient (Wildman–Crippen LogP) is 2.77. The van der Waals surface area contributed by atoms with Crippen LogP contribution in [0.1, 0.15) is 45.4 Å². The molecule has 0 saturated heterocycles. The molecule has 0 bridgehead atoms.